The van der Waals surface area contributed by atoms with Crippen LogP contribution in [0.2, 0.25) is 0 Å². The van der Waals surface area contributed by atoms with E-state index in [1.165, 1.54) is 0 Å². The van der Waals surface area contributed by atoms with E-state index >= 15 is 0 Å². The normalized spacial score (nSPS) is 13.1. The van der Waals surface area contributed by atoms with Crippen molar-refractivity contribution < 1.29 is 4.79 Å². The van der Waals surface area contributed by atoms with E-state index in [2.05, 4.69) is 5.32 Å². The first-order valence-corrected chi connectivity index (χ1v) is 4.59. The lowest BCUT2D eigenvalue weighted by atomic mass is 10.2. The lowest BCUT2D eigenvalue weighted by Gasteiger charge is -2.12. The minimum absolute atomic E-state index is 0.0341. The summed E-state index contributed by atoms with van der Waals surface area (Å²) >= 11 is 5.52. The zero-order chi connectivity index (χ0) is 9.56. The monoisotopic (exact) mass is 192 g/mol. The minimum atomic E-state index is -0.0890. The van der Waals surface area contributed by atoms with Crippen LogP contribution < -0.4 is 5.32 Å². The maximum absolute atomic E-state index is 11.1. The third-order valence-electron chi connectivity index (χ3n) is 1.54. The molecule has 1 amide bonds. The molecule has 0 saturated heterocycles. The number of nitrogens with zero attached hydrogens (tertiary/aromatic N) is 1. The number of carbonyl (C=O) groups excluding carboxylic acids is 1. The van der Waals surface area contributed by atoms with Crippen LogP contribution in [0.4, 0.5) is 0 Å². The van der Waals surface area contributed by atoms with Crippen molar-refractivity contribution in [2.75, 3.05) is 33.1 Å². The van der Waals surface area contributed by atoms with Gasteiger partial charge in [-0.1, -0.05) is 6.92 Å². The summed E-state index contributed by atoms with van der Waals surface area (Å²) in [5.41, 5.74) is 0. The third kappa shape index (κ3) is 5.38. The Morgan fingerprint density at radius 2 is 2.17 bits per heavy atom. The van der Waals surface area contributed by atoms with Gasteiger partial charge in [0.05, 0.1) is 0 Å². The lowest BCUT2D eigenvalue weighted by molar-refractivity contribution is -0.123. The van der Waals surface area contributed by atoms with Crippen LogP contribution in [0.15, 0.2) is 0 Å². The van der Waals surface area contributed by atoms with Gasteiger partial charge >= 0.3 is 0 Å². The van der Waals surface area contributed by atoms with Gasteiger partial charge in [0, 0.05) is 24.9 Å². The summed E-state index contributed by atoms with van der Waals surface area (Å²) in [5, 5.41) is 2.80. The minimum Gasteiger partial charge on any atom is -0.355 e. The van der Waals surface area contributed by atoms with Crippen LogP contribution in [0.5, 0.6) is 0 Å². The summed E-state index contributed by atoms with van der Waals surface area (Å²) in [5.74, 6) is 0.328. The second-order valence-corrected chi connectivity index (χ2v) is 3.46. The van der Waals surface area contributed by atoms with Crippen LogP contribution in [0, 0.1) is 5.92 Å². The zero-order valence-corrected chi connectivity index (χ0v) is 8.69. The smallest absolute Gasteiger partial charge is 0.224 e. The molecule has 0 fully saturated rings. The first kappa shape index (κ1) is 11.7. The van der Waals surface area contributed by atoms with E-state index in [0.717, 1.165) is 6.54 Å². The van der Waals surface area contributed by atoms with Gasteiger partial charge in [0.15, 0.2) is 0 Å². The fourth-order valence-corrected chi connectivity index (χ4v) is 0.787. The Balaban J connectivity index is 3.44. The number of hydrogen-bond donors (Lipinski definition) is 1. The van der Waals surface area contributed by atoms with Gasteiger partial charge < -0.3 is 10.2 Å². The molecule has 0 saturated carbocycles. The van der Waals surface area contributed by atoms with Gasteiger partial charge in [0.2, 0.25) is 5.91 Å². The number of nitrogens with one attached hydrogen (secondary N) is 1. The van der Waals surface area contributed by atoms with E-state index in [4.69, 9.17) is 11.6 Å². The number of amides is 1. The third-order valence-corrected chi connectivity index (χ3v) is 2.00. The summed E-state index contributed by atoms with van der Waals surface area (Å²) < 4.78 is 0. The van der Waals surface area contributed by atoms with Gasteiger partial charge in [-0.25, -0.2) is 0 Å². The Morgan fingerprint density at radius 1 is 1.58 bits per heavy atom. The van der Waals surface area contributed by atoms with Gasteiger partial charge in [-0.2, -0.15) is 0 Å². The molecule has 72 valence electrons. The van der Waals surface area contributed by atoms with Crippen LogP contribution in [0.1, 0.15) is 6.92 Å². The van der Waals surface area contributed by atoms with Gasteiger partial charge in [0.1, 0.15) is 0 Å². The van der Waals surface area contributed by atoms with Crippen molar-refractivity contribution in [1.29, 1.82) is 0 Å². The van der Waals surface area contributed by atoms with Crippen molar-refractivity contribution in [2.45, 2.75) is 6.92 Å². The van der Waals surface area contributed by atoms with E-state index in [1.54, 1.807) is 0 Å². The Hall–Kier alpha value is -0.280. The Morgan fingerprint density at radius 3 is 2.58 bits per heavy atom. The average Bonchev–Trinajstić information content (AvgIpc) is 2.02. The lowest BCUT2D eigenvalue weighted by Crippen LogP contribution is -2.35. The molecule has 0 rings (SSSR count). The molecule has 0 aliphatic carbocycles. The maximum atomic E-state index is 11.1. The fraction of sp³-hybridized carbons (Fsp3) is 0.875. The highest BCUT2D eigenvalue weighted by Gasteiger charge is 2.09. The largest absolute Gasteiger partial charge is 0.355 e. The second kappa shape index (κ2) is 6.26. The summed E-state index contributed by atoms with van der Waals surface area (Å²) in [6, 6.07) is 0. The van der Waals surface area contributed by atoms with E-state index in [0.29, 0.717) is 12.4 Å². The maximum Gasteiger partial charge on any atom is 0.224 e. The molecule has 0 aliphatic heterocycles. The van der Waals surface area contributed by atoms with E-state index in [-0.39, 0.29) is 11.8 Å². The number of hydrogen-bond acceptors (Lipinski definition) is 2. The van der Waals surface area contributed by atoms with Crippen LogP contribution in [0.3, 0.4) is 0 Å². The van der Waals surface area contributed by atoms with Crippen molar-refractivity contribution in [3.8, 4) is 0 Å². The molecule has 1 unspecified atom stereocenters. The number of alkyl halides is 1. The molecule has 0 aromatic rings. The molecule has 0 aliphatic rings. The molecule has 0 bridgehead atoms. The van der Waals surface area contributed by atoms with Crippen LogP contribution in [0.25, 0.3) is 0 Å². The Labute approximate surface area is 79.1 Å². The average molecular weight is 193 g/mol. The number of carbonyl (C=O) groups is 1. The predicted octanol–water partition coefficient (Wildman–Crippen LogP) is 0.539. The highest BCUT2D eigenvalue weighted by atomic mass is 35.5. The first-order chi connectivity index (χ1) is 5.57. The van der Waals surface area contributed by atoms with E-state index in [9.17, 15) is 4.79 Å². The summed E-state index contributed by atoms with van der Waals surface area (Å²) in [6.45, 7) is 3.37. The predicted molar refractivity (Wildman–Crippen MR) is 51.4 cm³/mol. The highest BCUT2D eigenvalue weighted by molar-refractivity contribution is 6.19. The molecule has 0 spiro atoms. The zero-order valence-electron chi connectivity index (χ0n) is 7.93. The van der Waals surface area contributed by atoms with Crippen molar-refractivity contribution in [1.82, 2.24) is 10.2 Å². The molecule has 12 heavy (non-hydrogen) atoms. The summed E-state index contributed by atoms with van der Waals surface area (Å²) in [7, 11) is 3.94. The molecule has 1 atom stereocenters. The first-order valence-electron chi connectivity index (χ1n) is 4.06. The standard InChI is InChI=1S/C8H17ClN2O/c1-7(6-9)8(12)10-4-5-11(2)3/h7H,4-6H2,1-3H3,(H,10,12). The van der Waals surface area contributed by atoms with E-state index < -0.39 is 0 Å². The van der Waals surface area contributed by atoms with E-state index in [1.807, 2.05) is 25.9 Å². The Kier molecular flexibility index (Phi) is 6.11. The molecular weight excluding hydrogens is 176 g/mol. The SMILES string of the molecule is CC(CCl)C(=O)NCCN(C)C. The fourth-order valence-electron chi connectivity index (χ4n) is 0.647. The number of halogens is 1. The van der Waals surface area contributed by atoms with Crippen molar-refractivity contribution in [2.24, 2.45) is 5.92 Å². The van der Waals surface area contributed by atoms with Crippen LogP contribution in [-0.2, 0) is 4.79 Å². The topological polar surface area (TPSA) is 32.3 Å². The quantitative estimate of drug-likeness (QED) is 0.645. The number of likely N-dealkylation sites (N-methyl/N-ethyl adjacent to an activating group) is 1. The molecule has 0 aromatic carbocycles. The molecule has 1 N–H and O–H groups in total. The Bertz CT molecular complexity index is 139. The summed E-state index contributed by atoms with van der Waals surface area (Å²) in [6.07, 6.45) is 0. The molecule has 4 heteroatoms. The van der Waals surface area contributed by atoms with Gasteiger partial charge in [-0.05, 0) is 14.1 Å². The van der Waals surface area contributed by atoms with Crippen molar-refractivity contribution in [3.05, 3.63) is 0 Å². The van der Waals surface area contributed by atoms with Crippen LogP contribution >= 0.6 is 11.6 Å². The second-order valence-electron chi connectivity index (χ2n) is 3.15. The molecular formula is C8H17ClN2O. The summed E-state index contributed by atoms with van der Waals surface area (Å²) in [4.78, 5) is 13.2. The van der Waals surface area contributed by atoms with Gasteiger partial charge in [0.25, 0.3) is 0 Å². The molecule has 0 radical (unpaired) electrons. The molecule has 0 heterocycles. The molecule has 3 nitrogen and oxygen atoms in total. The highest BCUT2D eigenvalue weighted by Crippen LogP contribution is 1.96. The molecule has 0 aromatic heterocycles. The van der Waals surface area contributed by atoms with Crippen molar-refractivity contribution in [3.63, 3.8) is 0 Å². The van der Waals surface area contributed by atoms with Gasteiger partial charge in [-0.15, -0.1) is 11.6 Å². The van der Waals surface area contributed by atoms with Crippen LogP contribution in [-0.4, -0.2) is 43.9 Å². The number of rotatable bonds is 5. The van der Waals surface area contributed by atoms with Crippen molar-refractivity contribution >= 4 is 17.5 Å². The van der Waals surface area contributed by atoms with Gasteiger partial charge in [-0.3, -0.25) is 4.79 Å².